The van der Waals surface area contributed by atoms with Gasteiger partial charge in [0.25, 0.3) is 0 Å². The summed E-state index contributed by atoms with van der Waals surface area (Å²) in [5, 5.41) is 8.64. The maximum atomic E-state index is 10.5. The summed E-state index contributed by atoms with van der Waals surface area (Å²) in [6.07, 6.45) is 3.41. The summed E-state index contributed by atoms with van der Waals surface area (Å²) in [6, 6.07) is 0. The molecule has 1 aromatic heterocycles. The number of imidazole rings is 1. The van der Waals surface area contributed by atoms with Crippen molar-refractivity contribution in [2.45, 2.75) is 18.8 Å². The van der Waals surface area contributed by atoms with Crippen molar-refractivity contribution in [2.75, 3.05) is 0 Å². The second-order valence-corrected chi connectivity index (χ2v) is 3.20. The molecule has 1 fully saturated rings. The van der Waals surface area contributed by atoms with Crippen LogP contribution in [-0.4, -0.2) is 20.1 Å². The number of rotatable bonds is 2. The van der Waals surface area contributed by atoms with Crippen LogP contribution in [0.1, 0.15) is 35.1 Å². The van der Waals surface area contributed by atoms with Gasteiger partial charge in [-0.25, -0.2) is 13.9 Å². The summed E-state index contributed by atoms with van der Waals surface area (Å²) in [5.41, 5.74) is 0.0403. The molecule has 0 unspecified atom stereocenters. The zero-order valence-electron chi connectivity index (χ0n) is 6.20. The third-order valence-corrected chi connectivity index (χ3v) is 2.25. The molecule has 0 bridgehead atoms. The number of carboxylic acids is 1. The molecule has 0 aliphatic heterocycles. The summed E-state index contributed by atoms with van der Waals surface area (Å²) >= 11 is 5.73. The Bertz CT molecular complexity index is 330. The van der Waals surface area contributed by atoms with Gasteiger partial charge in [-0.1, -0.05) is 0 Å². The maximum absolute atomic E-state index is 10.5. The molecule has 2 rings (SSSR count). The summed E-state index contributed by atoms with van der Waals surface area (Å²) in [7, 11) is 0. The van der Waals surface area contributed by atoms with Crippen LogP contribution in [0.25, 0.3) is 0 Å². The highest BCUT2D eigenvalue weighted by Gasteiger charge is 2.30. The fraction of sp³-hybridized carbons (Fsp3) is 0.429. The molecule has 0 atom stereocenters. The first-order valence-electron chi connectivity index (χ1n) is 3.67. The monoisotopic (exact) mass is 186 g/mol. The quantitative estimate of drug-likeness (QED) is 0.761. The van der Waals surface area contributed by atoms with Crippen LogP contribution in [0.3, 0.4) is 0 Å². The first kappa shape index (κ1) is 7.61. The highest BCUT2D eigenvalue weighted by atomic mass is 35.5. The van der Waals surface area contributed by atoms with Crippen LogP contribution in [0.2, 0.25) is 0 Å². The van der Waals surface area contributed by atoms with Crippen molar-refractivity contribution >= 4 is 17.7 Å². The standard InChI is InChI=1S/C7H7ClN2O2/c8-10-5(7(11)12)3-9-6(10)4-1-2-4/h3-4H,1-2H2,(H,11,12). The number of hydrogen-bond acceptors (Lipinski definition) is 2. The summed E-state index contributed by atoms with van der Waals surface area (Å²) in [5.74, 6) is 0.00840. The number of nitrogens with zero attached hydrogens (tertiary/aromatic N) is 2. The van der Waals surface area contributed by atoms with Crippen LogP contribution in [0.15, 0.2) is 6.20 Å². The van der Waals surface area contributed by atoms with Gasteiger partial charge in [-0.15, -0.1) is 0 Å². The lowest BCUT2D eigenvalue weighted by Gasteiger charge is -1.96. The van der Waals surface area contributed by atoms with Gasteiger partial charge in [0.2, 0.25) is 0 Å². The highest BCUT2D eigenvalue weighted by Crippen LogP contribution is 2.39. The summed E-state index contributed by atoms with van der Waals surface area (Å²) in [4.78, 5) is 14.5. The van der Waals surface area contributed by atoms with E-state index >= 15 is 0 Å². The van der Waals surface area contributed by atoms with Gasteiger partial charge in [0.05, 0.1) is 6.20 Å². The molecule has 0 aromatic carbocycles. The molecule has 5 heteroatoms. The lowest BCUT2D eigenvalue weighted by atomic mass is 10.4. The van der Waals surface area contributed by atoms with Gasteiger partial charge in [-0.2, -0.15) is 0 Å². The number of hydrogen-bond donors (Lipinski definition) is 1. The van der Waals surface area contributed by atoms with Crippen molar-refractivity contribution < 1.29 is 9.90 Å². The van der Waals surface area contributed by atoms with Gasteiger partial charge < -0.3 is 5.11 Å². The minimum Gasteiger partial charge on any atom is -0.476 e. The van der Waals surface area contributed by atoms with E-state index in [1.807, 2.05) is 0 Å². The minimum absolute atomic E-state index is 0.0403. The molecule has 12 heavy (non-hydrogen) atoms. The molecule has 1 aromatic rings. The summed E-state index contributed by atoms with van der Waals surface area (Å²) in [6.45, 7) is 0. The molecule has 1 heterocycles. The van der Waals surface area contributed by atoms with Gasteiger partial charge in [0, 0.05) is 17.7 Å². The molecule has 1 aliphatic rings. The van der Waals surface area contributed by atoms with E-state index in [2.05, 4.69) is 4.98 Å². The molecule has 0 amide bonds. The smallest absolute Gasteiger partial charge is 0.355 e. The molecule has 0 spiro atoms. The minimum atomic E-state index is -1.04. The normalized spacial score (nSPS) is 16.4. The second-order valence-electron chi connectivity index (χ2n) is 2.86. The average Bonchev–Trinajstić information content (AvgIpc) is 2.75. The molecule has 0 saturated heterocycles. The van der Waals surface area contributed by atoms with E-state index in [1.54, 1.807) is 0 Å². The zero-order chi connectivity index (χ0) is 8.72. The number of aromatic carboxylic acids is 1. The Labute approximate surface area is 73.9 Å². The van der Waals surface area contributed by atoms with Gasteiger partial charge in [-0.05, 0) is 12.8 Å². The molecule has 1 N–H and O–H groups in total. The predicted octanol–water partition coefficient (Wildman–Crippen LogP) is 1.46. The van der Waals surface area contributed by atoms with E-state index in [-0.39, 0.29) is 5.69 Å². The number of halogens is 1. The Morgan fingerprint density at radius 2 is 2.42 bits per heavy atom. The number of carboxylic acid groups (broad SMARTS) is 1. The average molecular weight is 187 g/mol. The molecule has 1 saturated carbocycles. The highest BCUT2D eigenvalue weighted by molar-refractivity contribution is 6.18. The van der Waals surface area contributed by atoms with E-state index < -0.39 is 5.97 Å². The maximum Gasteiger partial charge on any atom is 0.355 e. The van der Waals surface area contributed by atoms with Crippen LogP contribution < -0.4 is 0 Å². The van der Waals surface area contributed by atoms with E-state index in [9.17, 15) is 4.79 Å². The Morgan fingerprint density at radius 1 is 1.75 bits per heavy atom. The van der Waals surface area contributed by atoms with Crippen LogP contribution >= 0.6 is 11.8 Å². The lowest BCUT2D eigenvalue weighted by Crippen LogP contribution is -2.02. The predicted molar refractivity (Wildman–Crippen MR) is 42.4 cm³/mol. The molecular weight excluding hydrogens is 180 g/mol. The van der Waals surface area contributed by atoms with Gasteiger partial charge in [0.15, 0.2) is 5.69 Å². The van der Waals surface area contributed by atoms with Gasteiger partial charge >= 0.3 is 5.97 Å². The van der Waals surface area contributed by atoms with Crippen molar-refractivity contribution in [3.05, 3.63) is 17.7 Å². The Balaban J connectivity index is 2.39. The first-order chi connectivity index (χ1) is 5.70. The van der Waals surface area contributed by atoms with E-state index in [4.69, 9.17) is 16.9 Å². The van der Waals surface area contributed by atoms with Crippen LogP contribution in [0.4, 0.5) is 0 Å². The third kappa shape index (κ3) is 1.08. The van der Waals surface area contributed by atoms with Crippen molar-refractivity contribution in [1.29, 1.82) is 0 Å². The van der Waals surface area contributed by atoms with E-state index in [0.717, 1.165) is 16.9 Å². The number of carbonyl (C=O) groups is 1. The van der Waals surface area contributed by atoms with Gasteiger partial charge in [-0.3, -0.25) is 0 Å². The van der Waals surface area contributed by atoms with Crippen molar-refractivity contribution in [2.24, 2.45) is 0 Å². The SMILES string of the molecule is O=C(O)c1cnc(C2CC2)n1Cl. The largest absolute Gasteiger partial charge is 0.476 e. The summed E-state index contributed by atoms with van der Waals surface area (Å²) < 4.78 is 1.14. The van der Waals surface area contributed by atoms with E-state index in [0.29, 0.717) is 11.7 Å². The second kappa shape index (κ2) is 2.48. The fourth-order valence-electron chi connectivity index (χ4n) is 1.10. The van der Waals surface area contributed by atoms with Crippen LogP contribution in [-0.2, 0) is 0 Å². The molecule has 4 nitrogen and oxygen atoms in total. The van der Waals surface area contributed by atoms with E-state index in [1.165, 1.54) is 6.20 Å². The lowest BCUT2D eigenvalue weighted by molar-refractivity contribution is 0.0689. The molecule has 64 valence electrons. The molecular formula is C7H7ClN2O2. The van der Waals surface area contributed by atoms with Crippen LogP contribution in [0, 0.1) is 0 Å². The Kier molecular flexibility index (Phi) is 1.58. The fourth-order valence-corrected chi connectivity index (χ4v) is 1.40. The zero-order valence-corrected chi connectivity index (χ0v) is 6.95. The topological polar surface area (TPSA) is 55.1 Å². The van der Waals surface area contributed by atoms with Crippen molar-refractivity contribution in [3.63, 3.8) is 0 Å². The van der Waals surface area contributed by atoms with Crippen LogP contribution in [0.5, 0.6) is 0 Å². The third-order valence-electron chi connectivity index (χ3n) is 1.89. The Morgan fingerprint density at radius 3 is 2.83 bits per heavy atom. The molecule has 1 aliphatic carbocycles. The van der Waals surface area contributed by atoms with Crippen molar-refractivity contribution in [1.82, 2.24) is 9.07 Å². The molecule has 0 radical (unpaired) electrons. The van der Waals surface area contributed by atoms with Crippen molar-refractivity contribution in [3.8, 4) is 0 Å². The van der Waals surface area contributed by atoms with Gasteiger partial charge in [0.1, 0.15) is 5.82 Å². The first-order valence-corrected chi connectivity index (χ1v) is 4.01. The number of aromatic nitrogens is 2. The Hall–Kier alpha value is -1.03.